The fourth-order valence-electron chi connectivity index (χ4n) is 4.33. The van der Waals surface area contributed by atoms with Crippen molar-refractivity contribution in [2.24, 2.45) is 4.99 Å². The number of aliphatic imine (C=N–C) groups is 1. The molecule has 8 heteroatoms. The molecule has 2 atom stereocenters. The maximum atomic E-state index is 11.3. The molecule has 0 aromatic heterocycles. The molecule has 1 amide bonds. The van der Waals surface area contributed by atoms with Gasteiger partial charge in [-0.15, -0.1) is 0 Å². The summed E-state index contributed by atoms with van der Waals surface area (Å²) in [4.78, 5) is 20.6. The van der Waals surface area contributed by atoms with Crippen molar-refractivity contribution in [1.82, 2.24) is 15.1 Å². The molecule has 2 aliphatic rings. The lowest BCUT2D eigenvalue weighted by molar-refractivity contribution is -0.0502. The van der Waals surface area contributed by atoms with E-state index in [1.807, 2.05) is 31.3 Å². The number of fused-ring (bicyclic) bond motifs is 1. The van der Waals surface area contributed by atoms with E-state index in [-0.39, 0.29) is 6.10 Å². The summed E-state index contributed by atoms with van der Waals surface area (Å²) >= 11 is 0. The van der Waals surface area contributed by atoms with Crippen LogP contribution in [0.2, 0.25) is 0 Å². The summed E-state index contributed by atoms with van der Waals surface area (Å²) < 4.78 is 10.7. The highest BCUT2D eigenvalue weighted by Crippen LogP contribution is 2.24. The molecule has 2 aromatic carbocycles. The minimum atomic E-state index is -0.477. The number of benzene rings is 2. The van der Waals surface area contributed by atoms with Crippen molar-refractivity contribution in [3.05, 3.63) is 65.7 Å². The van der Waals surface area contributed by atoms with Gasteiger partial charge in [-0.05, 0) is 23.3 Å². The predicted octanol–water partition coefficient (Wildman–Crippen LogP) is 2.53. The van der Waals surface area contributed by atoms with Crippen LogP contribution in [-0.4, -0.2) is 74.4 Å². The Balaban J connectivity index is 1.33. The van der Waals surface area contributed by atoms with E-state index in [0.29, 0.717) is 18.3 Å². The quantitative estimate of drug-likeness (QED) is 0.553. The van der Waals surface area contributed by atoms with Crippen molar-refractivity contribution in [3.8, 4) is 0 Å². The molecular weight excluding hydrogens is 406 g/mol. The van der Waals surface area contributed by atoms with Gasteiger partial charge in [0.15, 0.2) is 5.96 Å². The van der Waals surface area contributed by atoms with Crippen LogP contribution >= 0.6 is 0 Å². The van der Waals surface area contributed by atoms with Gasteiger partial charge in [-0.25, -0.2) is 4.79 Å². The van der Waals surface area contributed by atoms with Crippen molar-refractivity contribution in [2.45, 2.75) is 25.2 Å². The molecule has 2 heterocycles. The Morgan fingerprint density at radius 1 is 1.12 bits per heavy atom. The van der Waals surface area contributed by atoms with E-state index < -0.39 is 6.09 Å². The van der Waals surface area contributed by atoms with Gasteiger partial charge in [-0.1, -0.05) is 42.5 Å². The second kappa shape index (κ2) is 10.5. The molecule has 32 heavy (non-hydrogen) atoms. The van der Waals surface area contributed by atoms with E-state index in [1.54, 1.807) is 0 Å². The highest BCUT2D eigenvalue weighted by atomic mass is 16.5. The van der Waals surface area contributed by atoms with Crippen LogP contribution in [0.3, 0.4) is 0 Å². The van der Waals surface area contributed by atoms with E-state index in [2.05, 4.69) is 60.5 Å². The largest absolute Gasteiger partial charge is 0.453 e. The van der Waals surface area contributed by atoms with Crippen molar-refractivity contribution < 1.29 is 14.3 Å². The summed E-state index contributed by atoms with van der Waals surface area (Å²) in [7, 11) is 3.16. The molecule has 0 bridgehead atoms. The highest BCUT2D eigenvalue weighted by molar-refractivity contribution is 5.84. The molecule has 0 radical (unpaired) electrons. The minimum Gasteiger partial charge on any atom is -0.453 e. The maximum absolute atomic E-state index is 11.3. The number of amides is 1. The van der Waals surface area contributed by atoms with Gasteiger partial charge < -0.3 is 19.7 Å². The van der Waals surface area contributed by atoms with Crippen molar-refractivity contribution >= 4 is 17.7 Å². The van der Waals surface area contributed by atoms with Gasteiger partial charge in [0.1, 0.15) is 0 Å². The molecule has 0 spiro atoms. The van der Waals surface area contributed by atoms with Crippen LogP contribution in [0.15, 0.2) is 59.6 Å². The molecule has 2 fully saturated rings. The van der Waals surface area contributed by atoms with Gasteiger partial charge >= 0.3 is 6.09 Å². The van der Waals surface area contributed by atoms with Gasteiger partial charge in [0.05, 0.1) is 25.9 Å². The average molecular weight is 438 g/mol. The molecule has 4 rings (SSSR count). The third-order valence-corrected chi connectivity index (χ3v) is 5.99. The topological polar surface area (TPSA) is 78.4 Å². The van der Waals surface area contributed by atoms with Gasteiger partial charge in [0.2, 0.25) is 0 Å². The number of methoxy groups -OCH3 is 1. The first-order valence-corrected chi connectivity index (χ1v) is 11.0. The first-order chi connectivity index (χ1) is 15.7. The number of nitrogens with zero attached hydrogens (tertiary/aromatic N) is 3. The van der Waals surface area contributed by atoms with Crippen LogP contribution in [0.25, 0.3) is 0 Å². The molecule has 0 saturated carbocycles. The fraction of sp³-hybridized carbons (Fsp3) is 0.417. The molecule has 0 aliphatic carbocycles. The van der Waals surface area contributed by atoms with E-state index in [1.165, 1.54) is 12.7 Å². The number of anilines is 1. The van der Waals surface area contributed by atoms with Crippen LogP contribution in [-0.2, 0) is 22.6 Å². The molecular formula is C24H31N5O3. The summed E-state index contributed by atoms with van der Waals surface area (Å²) in [6.45, 7) is 5.02. The zero-order valence-corrected chi connectivity index (χ0v) is 18.7. The number of guanidine groups is 1. The maximum Gasteiger partial charge on any atom is 0.411 e. The monoisotopic (exact) mass is 437 g/mol. The first kappa shape index (κ1) is 22.1. The zero-order chi connectivity index (χ0) is 22.3. The third-order valence-electron chi connectivity index (χ3n) is 5.99. The van der Waals surface area contributed by atoms with Gasteiger partial charge in [-0.2, -0.15) is 0 Å². The number of morpholine rings is 1. The van der Waals surface area contributed by atoms with Crippen LogP contribution in [0.5, 0.6) is 0 Å². The first-order valence-electron chi connectivity index (χ1n) is 11.0. The standard InChI is InChI=1S/C24H31N5O3/c1-25-23(26-14-18-8-10-20(11-9-18)27-24(30)31-2)29-16-21-22(17-29)32-13-12-28(21)15-19-6-4-3-5-7-19/h3-11,21-22H,12-17H2,1-2H3,(H,25,26)(H,27,30). The molecule has 170 valence electrons. The summed E-state index contributed by atoms with van der Waals surface area (Å²) in [5.41, 5.74) is 3.13. The number of hydrogen-bond donors (Lipinski definition) is 2. The van der Waals surface area contributed by atoms with Gasteiger partial charge in [0.25, 0.3) is 0 Å². The number of carbonyl (C=O) groups excluding carboxylic acids is 1. The van der Waals surface area contributed by atoms with E-state index >= 15 is 0 Å². The third kappa shape index (κ3) is 5.38. The number of rotatable bonds is 5. The average Bonchev–Trinajstić information content (AvgIpc) is 3.26. The number of hydrogen-bond acceptors (Lipinski definition) is 5. The molecule has 2 N–H and O–H groups in total. The lowest BCUT2D eigenvalue weighted by Gasteiger charge is -2.36. The normalized spacial score (nSPS) is 21.2. The summed E-state index contributed by atoms with van der Waals surface area (Å²) in [6, 6.07) is 18.6. The second-order valence-electron chi connectivity index (χ2n) is 8.05. The molecule has 8 nitrogen and oxygen atoms in total. The number of likely N-dealkylation sites (tertiary alicyclic amines) is 1. The van der Waals surface area contributed by atoms with Gasteiger partial charge in [0, 0.05) is 45.5 Å². The summed E-state index contributed by atoms with van der Waals surface area (Å²) in [6.07, 6.45) is -0.287. The fourth-order valence-corrected chi connectivity index (χ4v) is 4.33. The Hall–Kier alpha value is -3.10. The lowest BCUT2D eigenvalue weighted by atomic mass is 10.1. The Morgan fingerprint density at radius 2 is 1.91 bits per heavy atom. The Bertz CT molecular complexity index is 919. The van der Waals surface area contributed by atoms with Crippen molar-refractivity contribution in [1.29, 1.82) is 0 Å². The van der Waals surface area contributed by atoms with Crippen molar-refractivity contribution in [2.75, 3.05) is 45.7 Å². The van der Waals surface area contributed by atoms with Gasteiger partial charge in [-0.3, -0.25) is 15.2 Å². The van der Waals surface area contributed by atoms with Crippen LogP contribution in [0, 0.1) is 0 Å². The summed E-state index contributed by atoms with van der Waals surface area (Å²) in [5, 5.41) is 6.12. The molecule has 2 aliphatic heterocycles. The van der Waals surface area contributed by atoms with E-state index in [4.69, 9.17) is 4.74 Å². The minimum absolute atomic E-state index is 0.190. The highest BCUT2D eigenvalue weighted by Gasteiger charge is 2.41. The number of carbonyl (C=O) groups is 1. The molecule has 2 aromatic rings. The number of nitrogens with one attached hydrogen (secondary N) is 2. The second-order valence-corrected chi connectivity index (χ2v) is 8.05. The Labute approximate surface area is 189 Å². The Morgan fingerprint density at radius 3 is 2.62 bits per heavy atom. The van der Waals surface area contributed by atoms with Crippen molar-refractivity contribution in [3.63, 3.8) is 0 Å². The lowest BCUT2D eigenvalue weighted by Crippen LogP contribution is -2.50. The number of ether oxygens (including phenoxy) is 2. The van der Waals surface area contributed by atoms with E-state index in [0.717, 1.165) is 44.3 Å². The molecule has 2 saturated heterocycles. The smallest absolute Gasteiger partial charge is 0.411 e. The van der Waals surface area contributed by atoms with Crippen LogP contribution < -0.4 is 10.6 Å². The van der Waals surface area contributed by atoms with Crippen LogP contribution in [0.1, 0.15) is 11.1 Å². The van der Waals surface area contributed by atoms with E-state index in [9.17, 15) is 4.79 Å². The van der Waals surface area contributed by atoms with Crippen LogP contribution in [0.4, 0.5) is 10.5 Å². The zero-order valence-electron chi connectivity index (χ0n) is 18.7. The Kier molecular flexibility index (Phi) is 7.24. The molecule has 2 unspecified atom stereocenters. The SMILES string of the molecule is CN=C(NCc1ccc(NC(=O)OC)cc1)N1CC2OCCN(Cc3ccccc3)C2C1. The predicted molar refractivity (Wildman–Crippen MR) is 125 cm³/mol. The summed E-state index contributed by atoms with van der Waals surface area (Å²) in [5.74, 6) is 0.874.